The van der Waals surface area contributed by atoms with Gasteiger partial charge in [-0.25, -0.2) is 4.98 Å². The first kappa shape index (κ1) is 14.5. The first-order valence-electron chi connectivity index (χ1n) is 7.93. The lowest BCUT2D eigenvalue weighted by molar-refractivity contribution is 0.109. The van der Waals surface area contributed by atoms with Crippen LogP contribution < -0.4 is 5.32 Å². The van der Waals surface area contributed by atoms with E-state index in [9.17, 15) is 0 Å². The SMILES string of the molecule is CC(C)(C)c1csc(CN2CCC3NCCCC3C2)n1. The fourth-order valence-corrected chi connectivity index (χ4v) is 4.45. The summed E-state index contributed by atoms with van der Waals surface area (Å²) in [5.74, 6) is 0.861. The third-order valence-corrected chi connectivity index (χ3v) is 5.49. The zero-order valence-electron chi connectivity index (χ0n) is 13.0. The molecule has 2 aliphatic heterocycles. The van der Waals surface area contributed by atoms with Gasteiger partial charge in [-0.2, -0.15) is 0 Å². The van der Waals surface area contributed by atoms with Gasteiger partial charge in [0.1, 0.15) is 5.01 Å². The zero-order chi connectivity index (χ0) is 14.2. The van der Waals surface area contributed by atoms with Gasteiger partial charge in [0.25, 0.3) is 0 Å². The van der Waals surface area contributed by atoms with E-state index in [1.807, 2.05) is 11.3 Å². The Hall–Kier alpha value is -0.450. The molecule has 0 radical (unpaired) electrons. The van der Waals surface area contributed by atoms with E-state index in [-0.39, 0.29) is 5.41 Å². The van der Waals surface area contributed by atoms with Crippen molar-refractivity contribution in [2.24, 2.45) is 5.92 Å². The Kier molecular flexibility index (Phi) is 4.16. The van der Waals surface area contributed by atoms with E-state index in [4.69, 9.17) is 4.98 Å². The van der Waals surface area contributed by atoms with Gasteiger partial charge in [0.15, 0.2) is 0 Å². The highest BCUT2D eigenvalue weighted by Crippen LogP contribution is 2.28. The number of thiazole rings is 1. The van der Waals surface area contributed by atoms with Crippen LogP contribution in [-0.4, -0.2) is 35.6 Å². The van der Waals surface area contributed by atoms with E-state index in [2.05, 4.69) is 36.4 Å². The molecule has 2 saturated heterocycles. The van der Waals surface area contributed by atoms with Gasteiger partial charge in [-0.05, 0) is 31.7 Å². The van der Waals surface area contributed by atoms with Crippen LogP contribution in [0.1, 0.15) is 50.7 Å². The second-order valence-electron chi connectivity index (χ2n) is 7.36. The molecule has 0 aliphatic carbocycles. The van der Waals surface area contributed by atoms with Gasteiger partial charge >= 0.3 is 0 Å². The molecule has 2 fully saturated rings. The molecule has 1 aromatic heterocycles. The second kappa shape index (κ2) is 5.74. The van der Waals surface area contributed by atoms with Crippen molar-refractivity contribution >= 4 is 11.3 Å². The molecule has 0 saturated carbocycles. The molecule has 3 nitrogen and oxygen atoms in total. The van der Waals surface area contributed by atoms with Crippen molar-refractivity contribution in [3.63, 3.8) is 0 Å². The Bertz CT molecular complexity index is 449. The molecule has 20 heavy (non-hydrogen) atoms. The fourth-order valence-electron chi connectivity index (χ4n) is 3.38. The summed E-state index contributed by atoms with van der Waals surface area (Å²) in [4.78, 5) is 7.45. The Balaban J connectivity index is 1.59. The number of aromatic nitrogens is 1. The number of hydrogen-bond acceptors (Lipinski definition) is 4. The van der Waals surface area contributed by atoms with Crippen LogP contribution in [-0.2, 0) is 12.0 Å². The second-order valence-corrected chi connectivity index (χ2v) is 8.31. The Morgan fingerprint density at radius 1 is 1.40 bits per heavy atom. The first-order chi connectivity index (χ1) is 9.52. The molecule has 3 heterocycles. The lowest BCUT2D eigenvalue weighted by Gasteiger charge is -2.41. The Labute approximate surface area is 126 Å². The molecule has 0 amide bonds. The summed E-state index contributed by atoms with van der Waals surface area (Å²) < 4.78 is 0. The molecule has 2 aliphatic rings. The van der Waals surface area contributed by atoms with Crippen LogP contribution in [0, 0.1) is 5.92 Å². The van der Waals surface area contributed by atoms with Crippen molar-refractivity contribution in [3.05, 3.63) is 16.1 Å². The normalized spacial score (nSPS) is 28.4. The molecule has 1 N–H and O–H groups in total. The summed E-state index contributed by atoms with van der Waals surface area (Å²) in [6.07, 6.45) is 4.06. The molecule has 0 bridgehead atoms. The van der Waals surface area contributed by atoms with Crippen LogP contribution in [0.5, 0.6) is 0 Å². The average molecular weight is 293 g/mol. The third kappa shape index (κ3) is 3.23. The maximum absolute atomic E-state index is 4.84. The van der Waals surface area contributed by atoms with Gasteiger partial charge < -0.3 is 5.32 Å². The van der Waals surface area contributed by atoms with E-state index < -0.39 is 0 Å². The first-order valence-corrected chi connectivity index (χ1v) is 8.81. The van der Waals surface area contributed by atoms with Gasteiger partial charge in [-0.1, -0.05) is 20.8 Å². The molecular formula is C16H27N3S. The minimum absolute atomic E-state index is 0.176. The number of piperidine rings is 2. The van der Waals surface area contributed by atoms with Crippen LogP contribution in [0.2, 0.25) is 0 Å². The minimum atomic E-state index is 0.176. The highest BCUT2D eigenvalue weighted by atomic mass is 32.1. The van der Waals surface area contributed by atoms with Crippen molar-refractivity contribution in [3.8, 4) is 0 Å². The monoisotopic (exact) mass is 293 g/mol. The predicted octanol–water partition coefficient (Wildman–Crippen LogP) is 3.01. The van der Waals surface area contributed by atoms with Crippen LogP contribution in [0.3, 0.4) is 0 Å². The number of rotatable bonds is 2. The van der Waals surface area contributed by atoms with Crippen LogP contribution in [0.25, 0.3) is 0 Å². The summed E-state index contributed by atoms with van der Waals surface area (Å²) in [5.41, 5.74) is 1.42. The smallest absolute Gasteiger partial charge is 0.107 e. The van der Waals surface area contributed by atoms with E-state index in [1.165, 1.54) is 49.6 Å². The third-order valence-electron chi connectivity index (χ3n) is 4.66. The number of fused-ring (bicyclic) bond motifs is 1. The molecule has 2 unspecified atom stereocenters. The predicted molar refractivity (Wildman–Crippen MR) is 85.2 cm³/mol. The summed E-state index contributed by atoms with van der Waals surface area (Å²) in [6.45, 7) is 11.5. The van der Waals surface area contributed by atoms with Crippen molar-refractivity contribution in [1.29, 1.82) is 0 Å². The van der Waals surface area contributed by atoms with E-state index in [0.717, 1.165) is 18.5 Å². The van der Waals surface area contributed by atoms with Crippen molar-refractivity contribution in [2.45, 2.75) is 58.0 Å². The Morgan fingerprint density at radius 3 is 3.00 bits per heavy atom. The fraction of sp³-hybridized carbons (Fsp3) is 0.812. The van der Waals surface area contributed by atoms with Crippen LogP contribution in [0.4, 0.5) is 0 Å². The van der Waals surface area contributed by atoms with Crippen molar-refractivity contribution < 1.29 is 0 Å². The van der Waals surface area contributed by atoms with Crippen molar-refractivity contribution in [2.75, 3.05) is 19.6 Å². The topological polar surface area (TPSA) is 28.2 Å². The maximum atomic E-state index is 4.84. The number of likely N-dealkylation sites (tertiary alicyclic amines) is 1. The molecule has 112 valence electrons. The number of nitrogens with zero attached hydrogens (tertiary/aromatic N) is 2. The minimum Gasteiger partial charge on any atom is -0.314 e. The lowest BCUT2D eigenvalue weighted by atomic mass is 9.85. The van der Waals surface area contributed by atoms with Crippen LogP contribution in [0.15, 0.2) is 5.38 Å². The largest absolute Gasteiger partial charge is 0.314 e. The van der Waals surface area contributed by atoms with E-state index >= 15 is 0 Å². The summed E-state index contributed by atoms with van der Waals surface area (Å²) in [5, 5.41) is 7.22. The van der Waals surface area contributed by atoms with Gasteiger partial charge in [0.05, 0.1) is 12.2 Å². The number of nitrogens with one attached hydrogen (secondary N) is 1. The van der Waals surface area contributed by atoms with Crippen molar-refractivity contribution in [1.82, 2.24) is 15.2 Å². The van der Waals surface area contributed by atoms with Crippen LogP contribution >= 0.6 is 11.3 Å². The Morgan fingerprint density at radius 2 is 2.25 bits per heavy atom. The highest BCUT2D eigenvalue weighted by molar-refractivity contribution is 7.09. The van der Waals surface area contributed by atoms with Gasteiger partial charge in [-0.3, -0.25) is 4.90 Å². The molecule has 4 heteroatoms. The molecule has 3 rings (SSSR count). The van der Waals surface area contributed by atoms with Gasteiger partial charge in [-0.15, -0.1) is 11.3 Å². The lowest BCUT2D eigenvalue weighted by Crippen LogP contribution is -2.51. The standard InChI is InChI=1S/C16H27N3S/c1-16(2,3)14-11-20-15(18-14)10-19-8-6-13-12(9-19)5-4-7-17-13/h11-13,17H,4-10H2,1-3H3. The van der Waals surface area contributed by atoms with E-state index in [1.54, 1.807) is 0 Å². The molecule has 0 spiro atoms. The molecule has 0 aromatic carbocycles. The summed E-state index contributed by atoms with van der Waals surface area (Å²) in [7, 11) is 0. The van der Waals surface area contributed by atoms with E-state index in [0.29, 0.717) is 0 Å². The molecule has 1 aromatic rings. The average Bonchev–Trinajstić information content (AvgIpc) is 2.87. The van der Waals surface area contributed by atoms with Gasteiger partial charge in [0, 0.05) is 29.9 Å². The summed E-state index contributed by atoms with van der Waals surface area (Å²) >= 11 is 1.83. The number of hydrogen-bond donors (Lipinski definition) is 1. The maximum Gasteiger partial charge on any atom is 0.107 e. The molecule has 2 atom stereocenters. The quantitative estimate of drug-likeness (QED) is 0.908. The zero-order valence-corrected chi connectivity index (χ0v) is 13.8. The van der Waals surface area contributed by atoms with Gasteiger partial charge in [0.2, 0.25) is 0 Å². The highest BCUT2D eigenvalue weighted by Gasteiger charge is 2.31. The molecular weight excluding hydrogens is 266 g/mol. The summed E-state index contributed by atoms with van der Waals surface area (Å²) in [6, 6.07) is 0.779.